The van der Waals surface area contributed by atoms with Gasteiger partial charge in [0.2, 0.25) is 5.88 Å². The molecule has 3 aliphatic rings. The monoisotopic (exact) mass is 433 g/mol. The highest BCUT2D eigenvalue weighted by atomic mass is 16.5. The lowest BCUT2D eigenvalue weighted by Crippen LogP contribution is -2.43. The zero-order valence-electron chi connectivity index (χ0n) is 19.9. The maximum absolute atomic E-state index is 9.88. The molecule has 0 saturated heterocycles. The lowest BCUT2D eigenvalue weighted by Gasteiger charge is -2.34. The molecule has 4 heteroatoms. The standard InChI is InChI=1S/C28H35NO3/c1-6-29-14-13-23-22-10-8-7-9-20(22)11-12-24(23)27(29)32-25-16-21(17(2)3)15-18(4)26(25)19(5)28(30)31/h7,9,11-13,15-18,26,30-31H,6,8,10,14H2,1-5H3. The number of aliphatic hydroxyl groups is 2. The SMILES string of the molecule is CCN1CC=c2c3c(ccc2=C1OC1=CC(C(C)C)=CC(C)C1C(C)=C(O)O)C=CCC3. The number of ether oxygens (including phenoxy) is 1. The van der Waals surface area contributed by atoms with E-state index in [0.717, 1.165) is 42.8 Å². The molecular weight excluding hydrogens is 398 g/mol. The molecule has 0 amide bonds. The molecule has 2 N–H and O–H groups in total. The quantitative estimate of drug-likeness (QED) is 0.647. The maximum Gasteiger partial charge on any atom is 0.273 e. The van der Waals surface area contributed by atoms with Crippen molar-refractivity contribution in [2.45, 2.75) is 47.5 Å². The minimum absolute atomic E-state index is 0.0978. The molecule has 32 heavy (non-hydrogen) atoms. The highest BCUT2D eigenvalue weighted by molar-refractivity contribution is 5.60. The maximum atomic E-state index is 9.88. The van der Waals surface area contributed by atoms with Gasteiger partial charge >= 0.3 is 0 Å². The Labute approximate surface area is 191 Å². The van der Waals surface area contributed by atoms with Crippen LogP contribution in [0, 0.1) is 17.8 Å². The van der Waals surface area contributed by atoms with Crippen LogP contribution in [0.15, 0.2) is 53.2 Å². The van der Waals surface area contributed by atoms with E-state index < -0.39 is 5.95 Å². The molecule has 0 bridgehead atoms. The topological polar surface area (TPSA) is 52.9 Å². The molecule has 0 radical (unpaired) electrons. The van der Waals surface area contributed by atoms with Gasteiger partial charge in [0.05, 0.1) is 5.92 Å². The highest BCUT2D eigenvalue weighted by Crippen LogP contribution is 2.39. The van der Waals surface area contributed by atoms with Gasteiger partial charge < -0.3 is 19.8 Å². The second-order valence-electron chi connectivity index (χ2n) is 9.40. The van der Waals surface area contributed by atoms with Gasteiger partial charge in [0.1, 0.15) is 5.76 Å². The first-order valence-electron chi connectivity index (χ1n) is 11.8. The molecule has 4 nitrogen and oxygen atoms in total. The number of fused-ring (bicyclic) bond motifs is 3. The van der Waals surface area contributed by atoms with Crippen molar-refractivity contribution in [2.75, 3.05) is 13.1 Å². The number of allylic oxidation sites excluding steroid dienone is 5. The summed E-state index contributed by atoms with van der Waals surface area (Å²) in [6, 6.07) is 4.37. The van der Waals surface area contributed by atoms with Crippen LogP contribution in [0.4, 0.5) is 0 Å². The summed E-state index contributed by atoms with van der Waals surface area (Å²) in [5.74, 6) is 1.27. The zero-order valence-corrected chi connectivity index (χ0v) is 19.9. The third kappa shape index (κ3) is 3.99. The van der Waals surface area contributed by atoms with E-state index in [4.69, 9.17) is 4.74 Å². The van der Waals surface area contributed by atoms with Crippen LogP contribution in [0.2, 0.25) is 0 Å². The van der Waals surface area contributed by atoms with Crippen molar-refractivity contribution in [1.82, 2.24) is 4.90 Å². The van der Waals surface area contributed by atoms with Crippen molar-refractivity contribution in [1.29, 1.82) is 0 Å². The van der Waals surface area contributed by atoms with Crippen molar-refractivity contribution in [2.24, 2.45) is 17.8 Å². The minimum Gasteiger partial charge on any atom is -0.481 e. The van der Waals surface area contributed by atoms with E-state index in [2.05, 4.69) is 75.1 Å². The summed E-state index contributed by atoms with van der Waals surface area (Å²) in [5.41, 5.74) is 4.45. The minimum atomic E-state index is -0.617. The Hall–Kier alpha value is -2.88. The fraction of sp³-hybridized carbons (Fsp3) is 0.429. The molecule has 4 rings (SSSR count). The second-order valence-corrected chi connectivity index (χ2v) is 9.40. The molecule has 0 aromatic heterocycles. The number of rotatable bonds is 5. The van der Waals surface area contributed by atoms with Gasteiger partial charge in [0.15, 0.2) is 0 Å². The normalized spacial score (nSPS) is 21.9. The first-order chi connectivity index (χ1) is 15.3. The van der Waals surface area contributed by atoms with E-state index in [1.807, 2.05) is 0 Å². The van der Waals surface area contributed by atoms with Gasteiger partial charge in [-0.25, -0.2) is 0 Å². The van der Waals surface area contributed by atoms with Crippen molar-refractivity contribution in [3.05, 3.63) is 74.8 Å². The van der Waals surface area contributed by atoms with Crippen LogP contribution in [0.1, 0.15) is 52.2 Å². The fourth-order valence-electron chi connectivity index (χ4n) is 5.09. The second kappa shape index (κ2) is 8.93. The van der Waals surface area contributed by atoms with E-state index in [9.17, 15) is 10.2 Å². The summed E-state index contributed by atoms with van der Waals surface area (Å²) >= 11 is 0. The Morgan fingerprint density at radius 1 is 1.25 bits per heavy atom. The lowest BCUT2D eigenvalue weighted by molar-refractivity contribution is 0.169. The van der Waals surface area contributed by atoms with Crippen LogP contribution in [0.3, 0.4) is 0 Å². The Balaban J connectivity index is 1.88. The molecule has 2 aliphatic carbocycles. The first kappa shape index (κ1) is 22.3. The van der Waals surface area contributed by atoms with Crippen molar-refractivity contribution < 1.29 is 14.9 Å². The molecule has 0 spiro atoms. The molecule has 0 fully saturated rings. The van der Waals surface area contributed by atoms with Crippen LogP contribution in [0.25, 0.3) is 18.0 Å². The van der Waals surface area contributed by atoms with E-state index in [0.29, 0.717) is 11.5 Å². The number of aliphatic hydroxyl groups excluding tert-OH is 1. The molecule has 1 aromatic carbocycles. The van der Waals surface area contributed by atoms with Gasteiger partial charge in [0, 0.05) is 23.9 Å². The van der Waals surface area contributed by atoms with E-state index in [1.54, 1.807) is 6.92 Å². The highest BCUT2D eigenvalue weighted by Gasteiger charge is 2.32. The predicted molar refractivity (Wildman–Crippen MR) is 131 cm³/mol. The van der Waals surface area contributed by atoms with Crippen molar-refractivity contribution in [3.63, 3.8) is 0 Å². The van der Waals surface area contributed by atoms with Gasteiger partial charge in [-0.3, -0.25) is 0 Å². The summed E-state index contributed by atoms with van der Waals surface area (Å²) < 4.78 is 6.76. The molecule has 1 heterocycles. The van der Waals surface area contributed by atoms with Crippen LogP contribution in [0.5, 0.6) is 0 Å². The summed E-state index contributed by atoms with van der Waals surface area (Å²) in [6.45, 7) is 12.0. The molecular formula is C28H35NO3. The molecule has 170 valence electrons. The van der Waals surface area contributed by atoms with E-state index >= 15 is 0 Å². The Morgan fingerprint density at radius 3 is 2.72 bits per heavy atom. The lowest BCUT2D eigenvalue weighted by atomic mass is 9.79. The Kier molecular flexibility index (Phi) is 6.23. The molecule has 1 aromatic rings. The summed E-state index contributed by atoms with van der Waals surface area (Å²) in [7, 11) is 0. The van der Waals surface area contributed by atoms with Crippen molar-refractivity contribution >= 4 is 18.0 Å². The van der Waals surface area contributed by atoms with Gasteiger partial charge in [0.25, 0.3) is 5.95 Å². The predicted octanol–water partition coefficient (Wildman–Crippen LogP) is 4.92. The Bertz CT molecular complexity index is 1150. The number of hydrogen-bond acceptors (Lipinski definition) is 4. The molecule has 2 atom stereocenters. The number of benzene rings is 1. The average Bonchev–Trinajstić information content (AvgIpc) is 2.78. The van der Waals surface area contributed by atoms with Gasteiger partial charge in [-0.15, -0.1) is 0 Å². The largest absolute Gasteiger partial charge is 0.481 e. The number of hydrogen-bond donors (Lipinski definition) is 2. The van der Waals surface area contributed by atoms with Crippen molar-refractivity contribution in [3.8, 4) is 0 Å². The van der Waals surface area contributed by atoms with Gasteiger partial charge in [-0.2, -0.15) is 0 Å². The zero-order chi connectivity index (χ0) is 23.0. The molecule has 1 aliphatic heterocycles. The van der Waals surface area contributed by atoms with Gasteiger partial charge in [-0.1, -0.05) is 51.1 Å². The van der Waals surface area contributed by atoms with E-state index in [-0.39, 0.29) is 11.8 Å². The third-order valence-corrected chi connectivity index (χ3v) is 6.96. The van der Waals surface area contributed by atoms with E-state index in [1.165, 1.54) is 21.9 Å². The summed E-state index contributed by atoms with van der Waals surface area (Å²) in [6.07, 6.45) is 13.2. The first-order valence-corrected chi connectivity index (χ1v) is 11.8. The van der Waals surface area contributed by atoms with Crippen LogP contribution < -0.4 is 10.4 Å². The molecule has 2 unspecified atom stereocenters. The van der Waals surface area contributed by atoms with Gasteiger partial charge in [-0.05, 0) is 72.6 Å². The average molecular weight is 434 g/mol. The Morgan fingerprint density at radius 2 is 2.03 bits per heavy atom. The number of nitrogens with zero attached hydrogens (tertiary/aromatic N) is 1. The van der Waals surface area contributed by atoms with Crippen LogP contribution >= 0.6 is 0 Å². The van der Waals surface area contributed by atoms with Crippen LogP contribution in [-0.4, -0.2) is 28.2 Å². The fourth-order valence-corrected chi connectivity index (χ4v) is 5.09. The summed E-state index contributed by atoms with van der Waals surface area (Å²) in [5, 5.41) is 22.2. The van der Waals surface area contributed by atoms with Crippen LogP contribution in [-0.2, 0) is 11.2 Å². The summed E-state index contributed by atoms with van der Waals surface area (Å²) in [4.78, 5) is 2.25. The molecule has 0 saturated carbocycles. The third-order valence-electron chi connectivity index (χ3n) is 6.96. The smallest absolute Gasteiger partial charge is 0.273 e.